The number of nitrogens with one attached hydrogen (secondary N) is 2. The van der Waals surface area contributed by atoms with Crippen molar-refractivity contribution in [1.29, 1.82) is 0 Å². The molecule has 1 amide bonds. The highest BCUT2D eigenvalue weighted by Crippen LogP contribution is 2.08. The molecule has 2 aromatic rings. The largest absolute Gasteiger partial charge is 0.363 e. The van der Waals surface area contributed by atoms with Gasteiger partial charge in [0, 0.05) is 34.7 Å². The van der Waals surface area contributed by atoms with E-state index in [4.69, 9.17) is 0 Å². The Morgan fingerprint density at radius 1 is 1.00 bits per heavy atom. The molecular weight excluding hydrogens is 352 g/mol. The summed E-state index contributed by atoms with van der Waals surface area (Å²) in [4.78, 5) is 24.6. The number of carbonyl (C=O) groups is 1. The van der Waals surface area contributed by atoms with E-state index in [1.54, 1.807) is 19.0 Å². The van der Waals surface area contributed by atoms with Crippen LogP contribution in [0, 0.1) is 0 Å². The fourth-order valence-corrected chi connectivity index (χ4v) is 2.43. The lowest BCUT2D eigenvalue weighted by Crippen LogP contribution is -2.43. The molecular formula is C21H30N6O. The Balaban J connectivity index is 2.00. The summed E-state index contributed by atoms with van der Waals surface area (Å²) >= 11 is 0. The number of guanidine groups is 1. The quantitative estimate of drug-likeness (QED) is 0.535. The fraction of sp³-hybridized carbons (Fsp3) is 0.381. The van der Waals surface area contributed by atoms with Crippen LogP contribution in [-0.4, -0.2) is 63.0 Å². The van der Waals surface area contributed by atoms with Crippen molar-refractivity contribution >= 4 is 17.7 Å². The Bertz CT molecular complexity index is 773. The lowest BCUT2D eigenvalue weighted by Gasteiger charge is -2.15. The molecule has 0 saturated heterocycles. The zero-order valence-electron chi connectivity index (χ0n) is 17.1. The van der Waals surface area contributed by atoms with Crippen LogP contribution in [0.25, 0.3) is 0 Å². The van der Waals surface area contributed by atoms with Gasteiger partial charge in [0.15, 0.2) is 5.96 Å². The molecule has 2 rings (SSSR count). The van der Waals surface area contributed by atoms with Gasteiger partial charge in [-0.15, -0.1) is 0 Å². The highest BCUT2D eigenvalue weighted by Gasteiger charge is 2.06. The van der Waals surface area contributed by atoms with E-state index in [0.717, 1.165) is 24.5 Å². The molecule has 1 aromatic heterocycles. The zero-order chi connectivity index (χ0) is 20.4. The predicted octanol–water partition coefficient (Wildman–Crippen LogP) is 1.51. The van der Waals surface area contributed by atoms with Crippen LogP contribution < -0.4 is 15.5 Å². The number of nitrogens with zero attached hydrogens (tertiary/aromatic N) is 4. The molecule has 0 radical (unpaired) electrons. The van der Waals surface area contributed by atoms with Crippen LogP contribution in [0.15, 0.2) is 53.5 Å². The lowest BCUT2D eigenvalue weighted by atomic mass is 10.1. The first kappa shape index (κ1) is 21.2. The van der Waals surface area contributed by atoms with Gasteiger partial charge in [-0.2, -0.15) is 0 Å². The minimum Gasteiger partial charge on any atom is -0.363 e. The first-order valence-corrected chi connectivity index (χ1v) is 9.35. The Morgan fingerprint density at radius 2 is 1.75 bits per heavy atom. The van der Waals surface area contributed by atoms with E-state index in [1.807, 2.05) is 55.4 Å². The molecule has 0 fully saturated rings. The van der Waals surface area contributed by atoms with Gasteiger partial charge >= 0.3 is 0 Å². The summed E-state index contributed by atoms with van der Waals surface area (Å²) < 4.78 is 0. The van der Waals surface area contributed by atoms with Gasteiger partial charge in [-0.25, -0.2) is 9.98 Å². The summed E-state index contributed by atoms with van der Waals surface area (Å²) in [6, 6.07) is 16.1. The second-order valence-corrected chi connectivity index (χ2v) is 6.85. The zero-order valence-corrected chi connectivity index (χ0v) is 17.1. The van der Waals surface area contributed by atoms with E-state index in [0.29, 0.717) is 12.5 Å². The van der Waals surface area contributed by atoms with Crippen LogP contribution in [0.4, 0.5) is 5.82 Å². The highest BCUT2D eigenvalue weighted by atomic mass is 16.2. The number of rotatable bonds is 8. The van der Waals surface area contributed by atoms with Crippen molar-refractivity contribution < 1.29 is 4.79 Å². The number of carbonyl (C=O) groups excluding carboxylic acids is 1. The fourth-order valence-electron chi connectivity index (χ4n) is 2.43. The van der Waals surface area contributed by atoms with E-state index >= 15 is 0 Å². The van der Waals surface area contributed by atoms with Crippen LogP contribution in [-0.2, 0) is 17.8 Å². The molecule has 7 nitrogen and oxygen atoms in total. The third kappa shape index (κ3) is 7.26. The average Bonchev–Trinajstić information content (AvgIpc) is 2.70. The van der Waals surface area contributed by atoms with Gasteiger partial charge < -0.3 is 20.4 Å². The van der Waals surface area contributed by atoms with Gasteiger partial charge in [0.1, 0.15) is 5.82 Å². The summed E-state index contributed by atoms with van der Waals surface area (Å²) in [5.41, 5.74) is 2.12. The molecule has 150 valence electrons. The summed E-state index contributed by atoms with van der Waals surface area (Å²) in [6.07, 6.45) is 0.873. The smallest absolute Gasteiger partial charge is 0.241 e. The molecule has 0 spiro atoms. The van der Waals surface area contributed by atoms with Gasteiger partial charge in [0.05, 0.1) is 18.8 Å². The second-order valence-electron chi connectivity index (χ2n) is 6.85. The molecule has 1 heterocycles. The first-order valence-electron chi connectivity index (χ1n) is 9.35. The first-order chi connectivity index (χ1) is 13.5. The number of hydrogen-bond donors (Lipinski definition) is 2. The summed E-state index contributed by atoms with van der Waals surface area (Å²) in [6.45, 7) is 1.34. The third-order valence-corrected chi connectivity index (χ3v) is 4.10. The number of anilines is 1. The molecule has 0 aliphatic carbocycles. The van der Waals surface area contributed by atoms with Gasteiger partial charge in [-0.05, 0) is 24.1 Å². The molecule has 7 heteroatoms. The normalized spacial score (nSPS) is 11.1. The van der Waals surface area contributed by atoms with Crippen molar-refractivity contribution in [2.75, 3.05) is 46.2 Å². The van der Waals surface area contributed by atoms with Gasteiger partial charge in [-0.3, -0.25) is 4.79 Å². The van der Waals surface area contributed by atoms with Crippen LogP contribution in [0.5, 0.6) is 0 Å². The lowest BCUT2D eigenvalue weighted by molar-refractivity contribution is -0.127. The van der Waals surface area contributed by atoms with Crippen LogP contribution >= 0.6 is 0 Å². The van der Waals surface area contributed by atoms with Crippen molar-refractivity contribution in [1.82, 2.24) is 20.5 Å². The van der Waals surface area contributed by atoms with E-state index in [2.05, 4.69) is 32.7 Å². The van der Waals surface area contributed by atoms with Crippen molar-refractivity contribution in [3.8, 4) is 0 Å². The molecule has 0 atom stereocenters. The molecule has 0 aliphatic rings. The van der Waals surface area contributed by atoms with Crippen molar-refractivity contribution in [3.05, 3.63) is 59.8 Å². The Hall–Kier alpha value is -3.09. The van der Waals surface area contributed by atoms with Gasteiger partial charge in [-0.1, -0.05) is 36.4 Å². The summed E-state index contributed by atoms with van der Waals surface area (Å²) in [5, 5.41) is 6.40. The molecule has 0 bridgehead atoms. The van der Waals surface area contributed by atoms with Gasteiger partial charge in [0.25, 0.3) is 0 Å². The molecule has 0 unspecified atom stereocenters. The second kappa shape index (κ2) is 10.9. The number of hydrogen-bond acceptors (Lipinski definition) is 4. The summed E-state index contributed by atoms with van der Waals surface area (Å²) in [5.74, 6) is 1.48. The van der Waals surface area contributed by atoms with Crippen LogP contribution in [0.2, 0.25) is 0 Å². The number of pyridine rings is 1. The molecule has 0 aliphatic heterocycles. The minimum absolute atomic E-state index is 0.00899. The Labute approximate surface area is 167 Å². The maximum Gasteiger partial charge on any atom is 0.241 e. The monoisotopic (exact) mass is 382 g/mol. The Morgan fingerprint density at radius 3 is 2.43 bits per heavy atom. The highest BCUT2D eigenvalue weighted by molar-refractivity contribution is 5.86. The van der Waals surface area contributed by atoms with Crippen molar-refractivity contribution in [2.24, 2.45) is 4.99 Å². The number of aliphatic imine (C=N–C) groups is 1. The molecule has 28 heavy (non-hydrogen) atoms. The molecule has 2 N–H and O–H groups in total. The van der Waals surface area contributed by atoms with Crippen LogP contribution in [0.1, 0.15) is 11.3 Å². The van der Waals surface area contributed by atoms with Crippen molar-refractivity contribution in [2.45, 2.75) is 13.0 Å². The maximum atomic E-state index is 11.9. The Kier molecular flexibility index (Phi) is 8.27. The van der Waals surface area contributed by atoms with Crippen molar-refractivity contribution in [3.63, 3.8) is 0 Å². The van der Waals surface area contributed by atoms with E-state index in [1.165, 1.54) is 5.56 Å². The number of likely N-dealkylation sites (N-methyl/N-ethyl adjacent to an activating group) is 1. The van der Waals surface area contributed by atoms with E-state index in [-0.39, 0.29) is 12.5 Å². The maximum absolute atomic E-state index is 11.9. The standard InChI is InChI=1S/C21H30N6O/c1-26(2)19-12-8-11-18(25-19)15-23-21(24-16-20(28)27(3)4)22-14-13-17-9-6-5-7-10-17/h5-12H,13-16H2,1-4H3,(H2,22,23,24). The van der Waals surface area contributed by atoms with Crippen LogP contribution in [0.3, 0.4) is 0 Å². The summed E-state index contributed by atoms with van der Waals surface area (Å²) in [7, 11) is 7.39. The topological polar surface area (TPSA) is 72.9 Å². The van der Waals surface area contributed by atoms with E-state index in [9.17, 15) is 4.79 Å². The third-order valence-electron chi connectivity index (χ3n) is 4.10. The molecule has 1 aromatic carbocycles. The SMILES string of the molecule is CN(C)C(=O)CNC(=NCc1cccc(N(C)C)n1)NCCc1ccccc1. The number of benzene rings is 1. The van der Waals surface area contributed by atoms with Gasteiger partial charge in [0.2, 0.25) is 5.91 Å². The average molecular weight is 383 g/mol. The van der Waals surface area contributed by atoms with E-state index < -0.39 is 0 Å². The number of aromatic nitrogens is 1. The molecule has 0 saturated carbocycles. The predicted molar refractivity (Wildman–Crippen MR) is 115 cm³/mol. The number of amides is 1. The minimum atomic E-state index is -0.00899.